The maximum Gasteiger partial charge on any atom is 0.309 e. The molecule has 0 fully saturated rings. The lowest BCUT2D eigenvalue weighted by atomic mass is 10.1. The van der Waals surface area contributed by atoms with Crippen molar-refractivity contribution in [2.45, 2.75) is 19.5 Å². The van der Waals surface area contributed by atoms with Crippen molar-refractivity contribution in [1.82, 2.24) is 10.6 Å². The van der Waals surface area contributed by atoms with E-state index >= 15 is 0 Å². The topological polar surface area (TPSA) is 67.4 Å². The van der Waals surface area contributed by atoms with Gasteiger partial charge in [0.2, 0.25) is 0 Å². The summed E-state index contributed by atoms with van der Waals surface area (Å²) in [6.07, 6.45) is 0. The molecule has 0 aromatic heterocycles. The van der Waals surface area contributed by atoms with Crippen LogP contribution in [0, 0.1) is 5.82 Å². The van der Waals surface area contributed by atoms with Gasteiger partial charge in [0.25, 0.3) is 0 Å². The Morgan fingerprint density at radius 1 is 1.04 bits per heavy atom. The number of halogens is 1. The third kappa shape index (κ3) is 4.81. The van der Waals surface area contributed by atoms with Crippen molar-refractivity contribution in [3.8, 4) is 5.75 Å². The fourth-order valence-electron chi connectivity index (χ4n) is 2.10. The second-order valence-electron chi connectivity index (χ2n) is 5.28. The molecule has 1 unspecified atom stereocenters. The number of hydrogen-bond donors (Lipinski definition) is 2. The van der Waals surface area contributed by atoms with Crippen LogP contribution >= 0.6 is 0 Å². The lowest BCUT2D eigenvalue weighted by Gasteiger charge is -2.14. The highest BCUT2D eigenvalue weighted by Gasteiger charge is 2.16. The van der Waals surface area contributed by atoms with Crippen molar-refractivity contribution in [1.29, 1.82) is 0 Å². The molecule has 0 heterocycles. The highest BCUT2D eigenvalue weighted by atomic mass is 19.1. The third-order valence-electron chi connectivity index (χ3n) is 3.54. The van der Waals surface area contributed by atoms with E-state index in [0.29, 0.717) is 11.3 Å². The van der Waals surface area contributed by atoms with E-state index in [1.54, 1.807) is 38.3 Å². The van der Waals surface area contributed by atoms with E-state index in [9.17, 15) is 14.0 Å². The molecule has 0 spiro atoms. The summed E-state index contributed by atoms with van der Waals surface area (Å²) in [5, 5.41) is 5.13. The molecule has 6 heteroatoms. The number of amides is 2. The number of rotatable bonds is 5. The minimum atomic E-state index is -0.736. The molecule has 1 atom stereocenters. The first-order valence-corrected chi connectivity index (χ1v) is 7.46. The van der Waals surface area contributed by atoms with Crippen molar-refractivity contribution in [2.75, 3.05) is 7.11 Å². The van der Waals surface area contributed by atoms with Crippen molar-refractivity contribution in [3.05, 3.63) is 65.5 Å². The Bertz CT molecular complexity index is 699. The number of nitrogens with one attached hydrogen (secondary N) is 2. The Balaban J connectivity index is 1.85. The number of carbonyl (C=O) groups is 2. The summed E-state index contributed by atoms with van der Waals surface area (Å²) in [5.41, 5.74) is 1.57. The molecule has 2 N–H and O–H groups in total. The molecular weight excluding hydrogens is 311 g/mol. The first kappa shape index (κ1) is 17.5. The van der Waals surface area contributed by atoms with Crippen molar-refractivity contribution in [2.24, 2.45) is 0 Å². The number of hydrogen-bond acceptors (Lipinski definition) is 3. The van der Waals surface area contributed by atoms with Crippen molar-refractivity contribution >= 4 is 11.8 Å². The Hall–Kier alpha value is -2.89. The first-order valence-electron chi connectivity index (χ1n) is 7.46. The zero-order valence-corrected chi connectivity index (χ0v) is 13.5. The van der Waals surface area contributed by atoms with E-state index in [1.807, 2.05) is 12.1 Å². The van der Waals surface area contributed by atoms with Gasteiger partial charge in [0.05, 0.1) is 13.2 Å². The molecule has 5 nitrogen and oxygen atoms in total. The largest absolute Gasteiger partial charge is 0.497 e. The molecule has 24 heavy (non-hydrogen) atoms. The summed E-state index contributed by atoms with van der Waals surface area (Å²) in [6.45, 7) is 1.94. The summed E-state index contributed by atoms with van der Waals surface area (Å²) in [4.78, 5) is 23.8. The fourth-order valence-corrected chi connectivity index (χ4v) is 2.10. The van der Waals surface area contributed by atoms with Gasteiger partial charge in [0.15, 0.2) is 0 Å². The molecule has 0 bridgehead atoms. The average molecular weight is 330 g/mol. The molecule has 0 saturated carbocycles. The Morgan fingerprint density at radius 3 is 2.25 bits per heavy atom. The minimum Gasteiger partial charge on any atom is -0.497 e. The predicted octanol–water partition coefficient (Wildman–Crippen LogP) is 2.33. The summed E-state index contributed by atoms with van der Waals surface area (Å²) >= 11 is 0. The lowest BCUT2D eigenvalue weighted by molar-refractivity contribution is -0.139. The van der Waals surface area contributed by atoms with E-state index in [1.165, 1.54) is 12.1 Å². The highest BCUT2D eigenvalue weighted by molar-refractivity contribution is 6.35. The van der Waals surface area contributed by atoms with Crippen LogP contribution in [-0.4, -0.2) is 18.9 Å². The number of benzene rings is 2. The van der Waals surface area contributed by atoms with Gasteiger partial charge >= 0.3 is 11.8 Å². The minimum absolute atomic E-state index is 0.156. The van der Waals surface area contributed by atoms with E-state index in [2.05, 4.69) is 10.6 Å². The first-order chi connectivity index (χ1) is 11.5. The molecule has 2 amide bonds. The molecule has 2 rings (SSSR count). The van der Waals surface area contributed by atoms with Gasteiger partial charge in [0, 0.05) is 6.54 Å². The van der Waals surface area contributed by atoms with Crippen LogP contribution in [0.15, 0.2) is 48.5 Å². The Kier molecular flexibility index (Phi) is 5.89. The zero-order chi connectivity index (χ0) is 17.5. The fraction of sp³-hybridized carbons (Fsp3) is 0.222. The van der Waals surface area contributed by atoms with E-state index in [0.717, 1.165) is 5.56 Å². The highest BCUT2D eigenvalue weighted by Crippen LogP contribution is 2.17. The van der Waals surface area contributed by atoms with Gasteiger partial charge < -0.3 is 15.4 Å². The summed E-state index contributed by atoms with van der Waals surface area (Å²) < 4.78 is 17.9. The average Bonchev–Trinajstić information content (AvgIpc) is 2.60. The molecule has 0 aliphatic carbocycles. The monoisotopic (exact) mass is 330 g/mol. The van der Waals surface area contributed by atoms with Gasteiger partial charge in [0.1, 0.15) is 11.6 Å². The summed E-state index contributed by atoms with van der Waals surface area (Å²) in [7, 11) is 1.58. The van der Waals surface area contributed by atoms with Crippen LogP contribution < -0.4 is 15.4 Å². The smallest absolute Gasteiger partial charge is 0.309 e. The van der Waals surface area contributed by atoms with Crippen LogP contribution in [0.25, 0.3) is 0 Å². The van der Waals surface area contributed by atoms with Crippen LogP contribution in [0.4, 0.5) is 4.39 Å². The van der Waals surface area contributed by atoms with Gasteiger partial charge in [-0.2, -0.15) is 0 Å². The van der Waals surface area contributed by atoms with Crippen molar-refractivity contribution in [3.63, 3.8) is 0 Å². The van der Waals surface area contributed by atoms with Crippen LogP contribution in [0.3, 0.4) is 0 Å². The van der Waals surface area contributed by atoms with Gasteiger partial charge in [-0.1, -0.05) is 24.3 Å². The van der Waals surface area contributed by atoms with Crippen LogP contribution in [-0.2, 0) is 16.1 Å². The van der Waals surface area contributed by atoms with Gasteiger partial charge in [-0.25, -0.2) is 4.39 Å². The van der Waals surface area contributed by atoms with Gasteiger partial charge in [-0.3, -0.25) is 9.59 Å². The molecule has 2 aromatic carbocycles. The Labute approximate surface area is 139 Å². The van der Waals surface area contributed by atoms with Gasteiger partial charge in [-0.05, 0) is 42.3 Å². The van der Waals surface area contributed by atoms with Crippen LogP contribution in [0.5, 0.6) is 5.75 Å². The maximum absolute atomic E-state index is 12.8. The lowest BCUT2D eigenvalue weighted by Crippen LogP contribution is -2.40. The second kappa shape index (κ2) is 8.10. The molecule has 0 aliphatic rings. The second-order valence-corrected chi connectivity index (χ2v) is 5.28. The Morgan fingerprint density at radius 2 is 1.67 bits per heavy atom. The SMILES string of the molecule is COc1ccc(C(C)NC(=O)C(=O)NCc2ccc(F)cc2)cc1. The number of ether oxygens (including phenoxy) is 1. The van der Waals surface area contributed by atoms with E-state index < -0.39 is 11.8 Å². The molecule has 0 radical (unpaired) electrons. The summed E-state index contributed by atoms with van der Waals surface area (Å²) in [6, 6.07) is 12.6. The molecule has 0 aliphatic heterocycles. The maximum atomic E-state index is 12.8. The molecular formula is C18H19FN2O3. The van der Waals surface area contributed by atoms with Crippen molar-refractivity contribution < 1.29 is 18.7 Å². The number of carbonyl (C=O) groups excluding carboxylic acids is 2. The zero-order valence-electron chi connectivity index (χ0n) is 13.5. The molecule has 126 valence electrons. The molecule has 2 aromatic rings. The van der Waals surface area contributed by atoms with Crippen LogP contribution in [0.2, 0.25) is 0 Å². The van der Waals surface area contributed by atoms with E-state index in [4.69, 9.17) is 4.74 Å². The summed E-state index contributed by atoms with van der Waals surface area (Å²) in [5.74, 6) is -1.09. The standard InChI is InChI=1S/C18H19FN2O3/c1-12(14-5-9-16(24-2)10-6-14)21-18(23)17(22)20-11-13-3-7-15(19)8-4-13/h3-10,12H,11H2,1-2H3,(H,20,22)(H,21,23). The van der Waals surface area contributed by atoms with Crippen LogP contribution in [0.1, 0.15) is 24.1 Å². The van der Waals surface area contributed by atoms with Gasteiger partial charge in [-0.15, -0.1) is 0 Å². The number of methoxy groups -OCH3 is 1. The predicted molar refractivity (Wildman–Crippen MR) is 87.8 cm³/mol. The quantitative estimate of drug-likeness (QED) is 0.827. The third-order valence-corrected chi connectivity index (χ3v) is 3.54. The molecule has 0 saturated heterocycles. The normalized spacial score (nSPS) is 11.5. The van der Waals surface area contributed by atoms with E-state index in [-0.39, 0.29) is 18.4 Å².